The van der Waals surface area contributed by atoms with Crippen LogP contribution in [-0.2, 0) is 10.0 Å². The number of rotatable bonds is 2. The molecule has 0 spiro atoms. The summed E-state index contributed by atoms with van der Waals surface area (Å²) >= 11 is 11.5. The Bertz CT molecular complexity index is 553. The number of hydrogen-bond donors (Lipinski definition) is 2. The summed E-state index contributed by atoms with van der Waals surface area (Å²) in [4.78, 5) is -0.0156. The van der Waals surface area contributed by atoms with Crippen LogP contribution in [0.25, 0.3) is 0 Å². The fraction of sp³-hybridized carbons (Fsp3) is 0.400. The molecule has 2 rings (SSSR count). The van der Waals surface area contributed by atoms with Gasteiger partial charge in [-0.15, -0.1) is 0 Å². The Kier molecular flexibility index (Phi) is 3.87. The van der Waals surface area contributed by atoms with E-state index >= 15 is 0 Å². The largest absolute Gasteiger partial charge is 0.389 e. The number of β-amino-alcohol motifs (C(OH)–C–C–N with tert-alkyl or cyclic N) is 2. The summed E-state index contributed by atoms with van der Waals surface area (Å²) in [5.41, 5.74) is 0. The summed E-state index contributed by atoms with van der Waals surface area (Å²) in [6.07, 6.45) is -2.13. The number of aliphatic hydroxyl groups is 2. The van der Waals surface area contributed by atoms with Crippen LogP contribution in [0, 0.1) is 0 Å². The van der Waals surface area contributed by atoms with Crippen molar-refractivity contribution in [1.82, 2.24) is 4.31 Å². The minimum absolute atomic E-state index is 0.0156. The lowest BCUT2D eigenvalue weighted by molar-refractivity contribution is 0.0572. The van der Waals surface area contributed by atoms with Crippen molar-refractivity contribution in [2.45, 2.75) is 17.1 Å². The first kappa shape index (κ1) is 14.0. The molecule has 18 heavy (non-hydrogen) atoms. The van der Waals surface area contributed by atoms with E-state index in [9.17, 15) is 18.6 Å². The van der Waals surface area contributed by atoms with Crippen LogP contribution < -0.4 is 0 Å². The SMILES string of the molecule is O=S(=O)(c1ccc(Cl)c(Cl)c1)N1CC(O)C(O)C1. The van der Waals surface area contributed by atoms with Crippen LogP contribution in [0.1, 0.15) is 0 Å². The summed E-state index contributed by atoms with van der Waals surface area (Å²) in [7, 11) is -3.77. The fourth-order valence-corrected chi connectivity index (χ4v) is 3.58. The van der Waals surface area contributed by atoms with E-state index in [0.717, 1.165) is 4.31 Å². The predicted octanol–water partition coefficient (Wildman–Crippen LogP) is 0.720. The number of halogens is 2. The molecule has 0 saturated carbocycles. The predicted molar refractivity (Wildman–Crippen MR) is 67.2 cm³/mol. The molecule has 2 atom stereocenters. The second-order valence-electron chi connectivity index (χ2n) is 4.03. The maximum Gasteiger partial charge on any atom is 0.243 e. The van der Waals surface area contributed by atoms with Gasteiger partial charge < -0.3 is 10.2 Å². The van der Waals surface area contributed by atoms with E-state index in [-0.39, 0.29) is 28.0 Å². The Hall–Kier alpha value is -0.370. The molecule has 2 N–H and O–H groups in total. The van der Waals surface area contributed by atoms with E-state index in [2.05, 4.69) is 0 Å². The van der Waals surface area contributed by atoms with E-state index in [1.54, 1.807) is 0 Å². The van der Waals surface area contributed by atoms with Crippen molar-refractivity contribution in [2.24, 2.45) is 0 Å². The van der Waals surface area contributed by atoms with E-state index in [1.165, 1.54) is 18.2 Å². The van der Waals surface area contributed by atoms with Crippen molar-refractivity contribution >= 4 is 33.2 Å². The van der Waals surface area contributed by atoms with Gasteiger partial charge in [-0.3, -0.25) is 0 Å². The van der Waals surface area contributed by atoms with Gasteiger partial charge in [0.05, 0.1) is 27.1 Å². The molecule has 5 nitrogen and oxygen atoms in total. The molecular weight excluding hydrogens is 301 g/mol. The lowest BCUT2D eigenvalue weighted by Gasteiger charge is -2.15. The molecule has 0 bridgehead atoms. The van der Waals surface area contributed by atoms with Gasteiger partial charge in [0.15, 0.2) is 0 Å². The summed E-state index contributed by atoms with van der Waals surface area (Å²) in [5.74, 6) is 0. The number of hydrogen-bond acceptors (Lipinski definition) is 4. The van der Waals surface area contributed by atoms with Crippen molar-refractivity contribution in [1.29, 1.82) is 0 Å². The minimum Gasteiger partial charge on any atom is -0.389 e. The van der Waals surface area contributed by atoms with Gasteiger partial charge in [-0.05, 0) is 18.2 Å². The average Bonchev–Trinajstić information content (AvgIpc) is 2.64. The second kappa shape index (κ2) is 4.96. The molecule has 1 heterocycles. The fourth-order valence-electron chi connectivity index (χ4n) is 1.72. The topological polar surface area (TPSA) is 77.8 Å². The molecule has 1 aromatic rings. The van der Waals surface area contributed by atoms with Gasteiger partial charge in [-0.25, -0.2) is 8.42 Å². The molecule has 0 amide bonds. The van der Waals surface area contributed by atoms with Gasteiger partial charge in [-0.2, -0.15) is 4.31 Å². The monoisotopic (exact) mass is 311 g/mol. The second-order valence-corrected chi connectivity index (χ2v) is 6.78. The quantitative estimate of drug-likeness (QED) is 0.843. The highest BCUT2D eigenvalue weighted by Gasteiger charge is 2.37. The molecule has 0 aromatic heterocycles. The van der Waals surface area contributed by atoms with Gasteiger partial charge in [0, 0.05) is 13.1 Å². The van der Waals surface area contributed by atoms with E-state index in [4.69, 9.17) is 23.2 Å². The Balaban J connectivity index is 2.34. The highest BCUT2D eigenvalue weighted by atomic mass is 35.5. The molecule has 1 aromatic carbocycles. The summed E-state index contributed by atoms with van der Waals surface area (Å²) in [6.45, 7) is -0.270. The minimum atomic E-state index is -3.77. The van der Waals surface area contributed by atoms with Crippen molar-refractivity contribution in [3.8, 4) is 0 Å². The van der Waals surface area contributed by atoms with Crippen LogP contribution in [0.5, 0.6) is 0 Å². The normalized spacial score (nSPS) is 25.6. The molecular formula is C10H11Cl2NO4S. The van der Waals surface area contributed by atoms with Crippen LogP contribution in [0.3, 0.4) is 0 Å². The van der Waals surface area contributed by atoms with E-state index in [0.29, 0.717) is 0 Å². The first-order valence-electron chi connectivity index (χ1n) is 5.13. The van der Waals surface area contributed by atoms with Crippen molar-refractivity contribution in [3.63, 3.8) is 0 Å². The first-order valence-corrected chi connectivity index (χ1v) is 7.33. The Morgan fingerprint density at radius 1 is 1.11 bits per heavy atom. The van der Waals surface area contributed by atoms with E-state index in [1.807, 2.05) is 0 Å². The van der Waals surface area contributed by atoms with Crippen molar-refractivity contribution < 1.29 is 18.6 Å². The Morgan fingerprint density at radius 3 is 2.17 bits per heavy atom. The van der Waals surface area contributed by atoms with Gasteiger partial charge in [0.2, 0.25) is 10.0 Å². The summed E-state index contributed by atoms with van der Waals surface area (Å²) in [5, 5.41) is 19.1. The zero-order chi connectivity index (χ0) is 13.5. The Labute approximate surface area is 115 Å². The van der Waals surface area contributed by atoms with E-state index < -0.39 is 22.2 Å². The van der Waals surface area contributed by atoms with Crippen LogP contribution in [-0.4, -0.2) is 48.2 Å². The van der Waals surface area contributed by atoms with Gasteiger partial charge >= 0.3 is 0 Å². The Morgan fingerprint density at radius 2 is 1.67 bits per heavy atom. The third-order valence-electron chi connectivity index (χ3n) is 2.75. The van der Waals surface area contributed by atoms with Crippen LogP contribution in [0.2, 0.25) is 10.0 Å². The summed E-state index contributed by atoms with van der Waals surface area (Å²) in [6, 6.07) is 3.97. The first-order chi connectivity index (χ1) is 8.32. The molecule has 0 aliphatic carbocycles. The third-order valence-corrected chi connectivity index (χ3v) is 5.32. The molecule has 0 radical (unpaired) electrons. The lowest BCUT2D eigenvalue weighted by atomic mass is 10.3. The number of sulfonamides is 1. The maximum atomic E-state index is 12.2. The molecule has 8 heteroatoms. The average molecular weight is 312 g/mol. The maximum absolute atomic E-state index is 12.2. The lowest BCUT2D eigenvalue weighted by Crippen LogP contribution is -2.29. The smallest absolute Gasteiger partial charge is 0.243 e. The highest BCUT2D eigenvalue weighted by Crippen LogP contribution is 2.28. The van der Waals surface area contributed by atoms with Crippen LogP contribution in [0.15, 0.2) is 23.1 Å². The molecule has 100 valence electrons. The number of aliphatic hydroxyl groups excluding tert-OH is 2. The highest BCUT2D eigenvalue weighted by molar-refractivity contribution is 7.89. The van der Waals surface area contributed by atoms with Gasteiger partial charge in [-0.1, -0.05) is 23.2 Å². The molecule has 1 aliphatic heterocycles. The van der Waals surface area contributed by atoms with Gasteiger partial charge in [0.1, 0.15) is 0 Å². The van der Waals surface area contributed by atoms with Crippen molar-refractivity contribution in [2.75, 3.05) is 13.1 Å². The van der Waals surface area contributed by atoms with Gasteiger partial charge in [0.25, 0.3) is 0 Å². The molecule has 1 aliphatic rings. The van der Waals surface area contributed by atoms with Crippen LogP contribution >= 0.6 is 23.2 Å². The number of benzene rings is 1. The third kappa shape index (κ3) is 2.49. The zero-order valence-corrected chi connectivity index (χ0v) is 11.5. The standard InChI is InChI=1S/C10H11Cl2NO4S/c11-7-2-1-6(3-8(7)12)18(16,17)13-4-9(14)10(15)5-13/h1-3,9-10,14-15H,4-5H2. The molecule has 2 unspecified atom stereocenters. The van der Waals surface area contributed by atoms with Crippen molar-refractivity contribution in [3.05, 3.63) is 28.2 Å². The zero-order valence-electron chi connectivity index (χ0n) is 9.12. The van der Waals surface area contributed by atoms with Crippen LogP contribution in [0.4, 0.5) is 0 Å². The number of nitrogens with zero attached hydrogens (tertiary/aromatic N) is 1. The molecule has 1 saturated heterocycles. The summed E-state index contributed by atoms with van der Waals surface area (Å²) < 4.78 is 25.4. The molecule has 1 fully saturated rings.